The summed E-state index contributed by atoms with van der Waals surface area (Å²) in [6.45, 7) is 9.63. The summed E-state index contributed by atoms with van der Waals surface area (Å²) in [5.41, 5.74) is -0.517. The number of carbonyl (C=O) groups excluding carboxylic acids is 3. The molecule has 41 heavy (non-hydrogen) atoms. The summed E-state index contributed by atoms with van der Waals surface area (Å²) in [5, 5.41) is 10.7. The topological polar surface area (TPSA) is 96.4 Å². The largest absolute Gasteiger partial charge is 0.461 e. The molecule has 1 N–H and O–H groups in total. The maximum absolute atomic E-state index is 14.7. The first-order valence-electron chi connectivity index (χ1n) is 14.3. The Balaban J connectivity index is 1.63. The molecule has 2 unspecified atom stereocenters. The summed E-state index contributed by atoms with van der Waals surface area (Å²) >= 11 is 0. The molecule has 2 aromatic carbocycles. The standard InChI is InChI=1S/C33H38N2O6/c1-4-19-34(21-23-13-9-7-10-14-23)30(38)28-33-18-17-32(6-3,41-33)27(31(39)40-20-5-2)26(33)29(37)35(28)25(22-36)24-15-11-8-12-16-24/h4-5,7-16,25-28,36H,1-2,6,17-22H2,3H3/t25-,26+,27+,28?,32-,33?/m1/s1. The van der Waals surface area contributed by atoms with Crippen molar-refractivity contribution in [2.75, 3.05) is 19.8 Å². The highest BCUT2D eigenvalue weighted by Gasteiger charge is 2.79. The zero-order valence-electron chi connectivity index (χ0n) is 23.5. The SMILES string of the molecule is C=CCOC(=O)[C@@H]1[C@H]2C(=O)N([C@H](CO)c3ccccc3)C(C(=O)N(CC=C)Cc3ccccc3)C23CC[C@@]1(CC)O3. The second-order valence-electron chi connectivity index (χ2n) is 11.1. The van der Waals surface area contributed by atoms with E-state index in [1.54, 1.807) is 11.0 Å². The number of ether oxygens (including phenoxy) is 2. The normalized spacial score (nSPS) is 28.7. The lowest BCUT2D eigenvalue weighted by molar-refractivity contribution is -0.163. The third-order valence-corrected chi connectivity index (χ3v) is 9.02. The molecule has 3 saturated heterocycles. The summed E-state index contributed by atoms with van der Waals surface area (Å²) < 4.78 is 12.3. The first-order valence-corrected chi connectivity index (χ1v) is 14.3. The zero-order valence-corrected chi connectivity index (χ0v) is 23.5. The van der Waals surface area contributed by atoms with E-state index in [-0.39, 0.29) is 25.0 Å². The molecule has 216 valence electrons. The van der Waals surface area contributed by atoms with Crippen LogP contribution >= 0.6 is 0 Å². The van der Waals surface area contributed by atoms with Crippen LogP contribution in [0.1, 0.15) is 43.4 Å². The van der Waals surface area contributed by atoms with Crippen molar-refractivity contribution < 1.29 is 29.0 Å². The van der Waals surface area contributed by atoms with Crippen LogP contribution < -0.4 is 0 Å². The Morgan fingerprint density at radius 2 is 1.80 bits per heavy atom. The van der Waals surface area contributed by atoms with Crippen LogP contribution in [0, 0.1) is 11.8 Å². The van der Waals surface area contributed by atoms with Gasteiger partial charge in [0.05, 0.1) is 24.2 Å². The van der Waals surface area contributed by atoms with E-state index < -0.39 is 47.7 Å². The molecule has 2 amide bonds. The summed E-state index contributed by atoms with van der Waals surface area (Å²) in [5.74, 6) is -2.98. The first-order chi connectivity index (χ1) is 19.9. The fourth-order valence-corrected chi connectivity index (χ4v) is 7.26. The van der Waals surface area contributed by atoms with E-state index in [1.807, 2.05) is 67.6 Å². The van der Waals surface area contributed by atoms with Gasteiger partial charge in [0.15, 0.2) is 0 Å². The monoisotopic (exact) mass is 558 g/mol. The van der Waals surface area contributed by atoms with Crippen LogP contribution in [0.15, 0.2) is 86.0 Å². The van der Waals surface area contributed by atoms with Crippen LogP contribution in [-0.4, -0.2) is 69.7 Å². The van der Waals surface area contributed by atoms with E-state index in [0.29, 0.717) is 31.4 Å². The van der Waals surface area contributed by atoms with Gasteiger partial charge in [-0.05, 0) is 30.4 Å². The van der Waals surface area contributed by atoms with Crippen molar-refractivity contribution in [3.05, 3.63) is 97.1 Å². The summed E-state index contributed by atoms with van der Waals surface area (Å²) in [6, 6.07) is 16.9. The number of nitrogens with zero attached hydrogens (tertiary/aromatic N) is 2. The Hall–Kier alpha value is -3.75. The van der Waals surface area contributed by atoms with E-state index in [0.717, 1.165) is 5.56 Å². The van der Waals surface area contributed by atoms with Gasteiger partial charge in [-0.2, -0.15) is 0 Å². The van der Waals surface area contributed by atoms with Crippen LogP contribution in [0.2, 0.25) is 0 Å². The molecule has 0 aromatic heterocycles. The van der Waals surface area contributed by atoms with E-state index in [2.05, 4.69) is 13.2 Å². The lowest BCUT2D eigenvalue weighted by atomic mass is 9.65. The van der Waals surface area contributed by atoms with Crippen LogP contribution in [0.4, 0.5) is 0 Å². The van der Waals surface area contributed by atoms with E-state index in [1.165, 1.54) is 11.0 Å². The number of fused-ring (bicyclic) bond motifs is 1. The predicted octanol–water partition coefficient (Wildman–Crippen LogP) is 3.82. The summed E-state index contributed by atoms with van der Waals surface area (Å²) in [6.07, 6.45) is 4.61. The minimum Gasteiger partial charge on any atom is -0.461 e. The number of esters is 1. The average molecular weight is 559 g/mol. The van der Waals surface area contributed by atoms with Crippen LogP contribution in [0.3, 0.4) is 0 Å². The van der Waals surface area contributed by atoms with E-state index >= 15 is 0 Å². The van der Waals surface area contributed by atoms with Crippen molar-refractivity contribution in [3.8, 4) is 0 Å². The quantitative estimate of drug-likeness (QED) is 0.314. The molecule has 0 saturated carbocycles. The summed E-state index contributed by atoms with van der Waals surface area (Å²) in [7, 11) is 0. The van der Waals surface area contributed by atoms with Gasteiger partial charge in [0.25, 0.3) is 0 Å². The molecule has 2 aromatic rings. The third-order valence-electron chi connectivity index (χ3n) is 9.02. The van der Waals surface area contributed by atoms with Gasteiger partial charge in [-0.1, -0.05) is 86.3 Å². The van der Waals surface area contributed by atoms with Crippen molar-refractivity contribution in [1.29, 1.82) is 0 Å². The van der Waals surface area contributed by atoms with Gasteiger partial charge < -0.3 is 24.4 Å². The fourth-order valence-electron chi connectivity index (χ4n) is 7.26. The highest BCUT2D eigenvalue weighted by molar-refractivity contribution is 5.99. The van der Waals surface area contributed by atoms with Crippen LogP contribution in [0.5, 0.6) is 0 Å². The first kappa shape index (κ1) is 28.8. The molecule has 3 aliphatic heterocycles. The zero-order chi connectivity index (χ0) is 29.2. The number of benzene rings is 2. The van der Waals surface area contributed by atoms with Gasteiger partial charge in [0.1, 0.15) is 24.2 Å². The predicted molar refractivity (Wildman–Crippen MR) is 153 cm³/mol. The van der Waals surface area contributed by atoms with Gasteiger partial charge in [-0.15, -0.1) is 6.58 Å². The average Bonchev–Trinajstić information content (AvgIpc) is 3.61. The molecule has 3 aliphatic rings. The smallest absolute Gasteiger partial charge is 0.313 e. The third kappa shape index (κ3) is 4.69. The molecule has 1 spiro atoms. The van der Waals surface area contributed by atoms with Crippen LogP contribution in [-0.2, 0) is 30.4 Å². The highest BCUT2D eigenvalue weighted by Crippen LogP contribution is 2.65. The minimum absolute atomic E-state index is 0.0164. The Bertz CT molecular complexity index is 1300. The molecule has 8 nitrogen and oxygen atoms in total. The molecule has 0 aliphatic carbocycles. The number of rotatable bonds is 12. The van der Waals surface area contributed by atoms with Crippen LogP contribution in [0.25, 0.3) is 0 Å². The lowest BCUT2D eigenvalue weighted by Crippen LogP contribution is -2.57. The van der Waals surface area contributed by atoms with Gasteiger partial charge in [-0.3, -0.25) is 14.4 Å². The van der Waals surface area contributed by atoms with Gasteiger partial charge in [0.2, 0.25) is 11.8 Å². The molecule has 3 heterocycles. The molecule has 6 atom stereocenters. The molecule has 2 bridgehead atoms. The maximum Gasteiger partial charge on any atom is 0.313 e. The molecule has 8 heteroatoms. The Labute approximate surface area is 241 Å². The van der Waals surface area contributed by atoms with Crippen molar-refractivity contribution in [2.24, 2.45) is 11.8 Å². The van der Waals surface area contributed by atoms with E-state index in [4.69, 9.17) is 9.47 Å². The van der Waals surface area contributed by atoms with E-state index in [9.17, 15) is 19.5 Å². The highest BCUT2D eigenvalue weighted by atomic mass is 16.6. The van der Waals surface area contributed by atoms with Crippen molar-refractivity contribution in [3.63, 3.8) is 0 Å². The lowest BCUT2D eigenvalue weighted by Gasteiger charge is -2.39. The molecule has 5 rings (SSSR count). The molecular formula is C33H38N2O6. The maximum atomic E-state index is 14.7. The number of carbonyl (C=O) groups is 3. The van der Waals surface area contributed by atoms with Gasteiger partial charge >= 0.3 is 5.97 Å². The number of aliphatic hydroxyl groups is 1. The molecule has 3 fully saturated rings. The molecule has 0 radical (unpaired) electrons. The van der Waals surface area contributed by atoms with Gasteiger partial charge in [0, 0.05) is 13.1 Å². The Morgan fingerprint density at radius 1 is 1.12 bits per heavy atom. The summed E-state index contributed by atoms with van der Waals surface area (Å²) in [4.78, 5) is 46.0. The van der Waals surface area contributed by atoms with Crippen molar-refractivity contribution in [2.45, 2.75) is 56.0 Å². The van der Waals surface area contributed by atoms with Crippen molar-refractivity contribution in [1.82, 2.24) is 9.80 Å². The Morgan fingerprint density at radius 3 is 2.41 bits per heavy atom. The fraction of sp³-hybridized carbons (Fsp3) is 0.424. The van der Waals surface area contributed by atoms with Crippen molar-refractivity contribution >= 4 is 17.8 Å². The number of amides is 2. The molecular weight excluding hydrogens is 520 g/mol. The number of hydrogen-bond acceptors (Lipinski definition) is 6. The number of hydrogen-bond donors (Lipinski definition) is 1. The second kappa shape index (κ2) is 11.6. The Kier molecular flexibility index (Phi) is 8.16. The second-order valence-corrected chi connectivity index (χ2v) is 11.1. The number of likely N-dealkylation sites (tertiary alicyclic amines) is 1. The number of aliphatic hydroxyl groups excluding tert-OH is 1. The minimum atomic E-state index is -1.24. The van der Waals surface area contributed by atoms with Gasteiger partial charge in [-0.25, -0.2) is 0 Å².